The number of carboxylic acids is 1. The van der Waals surface area contributed by atoms with Crippen LogP contribution in [0.4, 0.5) is 0 Å². The number of carbonyl (C=O) groups is 1. The molecule has 1 aromatic rings. The lowest BCUT2D eigenvalue weighted by atomic mass is 9.75. The summed E-state index contributed by atoms with van der Waals surface area (Å²) < 4.78 is 0. The molecule has 2 rings (SSSR count). The van der Waals surface area contributed by atoms with Crippen LogP contribution in [0.2, 0.25) is 0 Å². The van der Waals surface area contributed by atoms with Crippen LogP contribution in [0.5, 0.6) is 0 Å². The van der Waals surface area contributed by atoms with E-state index in [0.29, 0.717) is 13.1 Å². The van der Waals surface area contributed by atoms with E-state index in [1.54, 1.807) is 12.4 Å². The summed E-state index contributed by atoms with van der Waals surface area (Å²) in [5.41, 5.74) is 0.641. The minimum absolute atomic E-state index is 0.347. The maximum Gasteiger partial charge on any atom is 0.308 e. The van der Waals surface area contributed by atoms with Crippen molar-refractivity contribution in [1.82, 2.24) is 10.3 Å². The number of carboxylic acid groups (broad SMARTS) is 1. The quantitative estimate of drug-likeness (QED) is 0.745. The maximum absolute atomic E-state index is 11.1. The van der Waals surface area contributed by atoms with E-state index in [1.165, 1.54) is 0 Å². The first-order chi connectivity index (χ1) is 7.14. The van der Waals surface area contributed by atoms with Crippen LogP contribution in [0, 0.1) is 5.92 Å². The molecule has 0 aliphatic carbocycles. The number of hydrogen-bond donors (Lipinski definition) is 2. The standard InChI is InChI=1S/C11H14N2O2/c1-11(8-3-2-4-12-5-8)7-13-6-9(11)10(14)15/h2-5,9,13H,6-7H2,1H3,(H,14,15). The average Bonchev–Trinajstić information content (AvgIpc) is 2.63. The lowest BCUT2D eigenvalue weighted by Crippen LogP contribution is -2.36. The van der Waals surface area contributed by atoms with Gasteiger partial charge in [0.05, 0.1) is 5.92 Å². The molecule has 1 saturated heterocycles. The fourth-order valence-corrected chi connectivity index (χ4v) is 2.19. The van der Waals surface area contributed by atoms with Gasteiger partial charge in [0, 0.05) is 30.9 Å². The summed E-state index contributed by atoms with van der Waals surface area (Å²) >= 11 is 0. The predicted molar refractivity (Wildman–Crippen MR) is 55.6 cm³/mol. The number of nitrogens with zero attached hydrogens (tertiary/aromatic N) is 1. The molecule has 0 bridgehead atoms. The van der Waals surface area contributed by atoms with Gasteiger partial charge in [0.15, 0.2) is 0 Å². The van der Waals surface area contributed by atoms with Crippen molar-refractivity contribution < 1.29 is 9.90 Å². The molecular formula is C11H14N2O2. The van der Waals surface area contributed by atoms with Gasteiger partial charge >= 0.3 is 5.97 Å². The maximum atomic E-state index is 11.1. The second kappa shape index (κ2) is 3.62. The van der Waals surface area contributed by atoms with Gasteiger partial charge in [0.2, 0.25) is 0 Å². The van der Waals surface area contributed by atoms with Crippen LogP contribution in [0.1, 0.15) is 12.5 Å². The summed E-state index contributed by atoms with van der Waals surface area (Å²) in [5, 5.41) is 12.3. The van der Waals surface area contributed by atoms with E-state index in [1.807, 2.05) is 19.1 Å². The first kappa shape index (κ1) is 10.1. The van der Waals surface area contributed by atoms with Crippen LogP contribution in [-0.2, 0) is 10.2 Å². The Hall–Kier alpha value is -1.42. The van der Waals surface area contributed by atoms with Gasteiger partial charge in [0.1, 0.15) is 0 Å². The summed E-state index contributed by atoms with van der Waals surface area (Å²) in [6.07, 6.45) is 3.45. The van der Waals surface area contributed by atoms with Crippen molar-refractivity contribution in [3.63, 3.8) is 0 Å². The molecule has 2 atom stereocenters. The summed E-state index contributed by atoms with van der Waals surface area (Å²) in [5.74, 6) is -1.12. The highest BCUT2D eigenvalue weighted by molar-refractivity contribution is 5.73. The molecule has 1 fully saturated rings. The second-order valence-electron chi connectivity index (χ2n) is 4.18. The molecule has 4 nitrogen and oxygen atoms in total. The predicted octanol–water partition coefficient (Wildman–Crippen LogP) is 0.643. The molecule has 0 radical (unpaired) electrons. The summed E-state index contributed by atoms with van der Waals surface area (Å²) in [6, 6.07) is 3.79. The van der Waals surface area contributed by atoms with Crippen LogP contribution >= 0.6 is 0 Å². The number of aromatic nitrogens is 1. The van der Waals surface area contributed by atoms with Gasteiger partial charge in [-0.05, 0) is 11.6 Å². The van der Waals surface area contributed by atoms with Crippen molar-refractivity contribution in [3.8, 4) is 0 Å². The van der Waals surface area contributed by atoms with E-state index in [9.17, 15) is 4.79 Å². The molecule has 1 aromatic heterocycles. The molecule has 4 heteroatoms. The first-order valence-electron chi connectivity index (χ1n) is 4.98. The molecule has 15 heavy (non-hydrogen) atoms. The van der Waals surface area contributed by atoms with E-state index in [2.05, 4.69) is 10.3 Å². The lowest BCUT2D eigenvalue weighted by Gasteiger charge is -2.27. The van der Waals surface area contributed by atoms with Crippen molar-refractivity contribution >= 4 is 5.97 Å². The zero-order valence-corrected chi connectivity index (χ0v) is 8.60. The van der Waals surface area contributed by atoms with E-state index >= 15 is 0 Å². The van der Waals surface area contributed by atoms with E-state index in [4.69, 9.17) is 5.11 Å². The van der Waals surface area contributed by atoms with Gasteiger partial charge < -0.3 is 10.4 Å². The Labute approximate surface area is 88.3 Å². The van der Waals surface area contributed by atoms with Gasteiger partial charge in [-0.15, -0.1) is 0 Å². The summed E-state index contributed by atoms with van der Waals surface area (Å²) in [4.78, 5) is 15.2. The molecule has 2 heterocycles. The van der Waals surface area contributed by atoms with Crippen molar-refractivity contribution in [3.05, 3.63) is 30.1 Å². The second-order valence-corrected chi connectivity index (χ2v) is 4.18. The minimum Gasteiger partial charge on any atom is -0.481 e. The number of nitrogens with one attached hydrogen (secondary N) is 1. The Bertz CT molecular complexity index is 366. The van der Waals surface area contributed by atoms with Gasteiger partial charge in [-0.3, -0.25) is 9.78 Å². The summed E-state index contributed by atoms with van der Waals surface area (Å²) in [6.45, 7) is 3.19. The fraction of sp³-hybridized carbons (Fsp3) is 0.455. The van der Waals surface area contributed by atoms with Gasteiger partial charge in [-0.25, -0.2) is 0 Å². The molecule has 0 saturated carbocycles. The lowest BCUT2D eigenvalue weighted by molar-refractivity contribution is -0.142. The molecule has 0 spiro atoms. The van der Waals surface area contributed by atoms with Crippen molar-refractivity contribution in [2.75, 3.05) is 13.1 Å². The number of aliphatic carboxylic acids is 1. The highest BCUT2D eigenvalue weighted by Gasteiger charge is 2.44. The fourth-order valence-electron chi connectivity index (χ4n) is 2.19. The normalized spacial score (nSPS) is 30.3. The molecule has 1 aliphatic rings. The van der Waals surface area contributed by atoms with Crippen LogP contribution in [0.25, 0.3) is 0 Å². The molecule has 0 amide bonds. The average molecular weight is 206 g/mol. The summed E-state index contributed by atoms with van der Waals surface area (Å²) in [7, 11) is 0. The largest absolute Gasteiger partial charge is 0.481 e. The third-order valence-electron chi connectivity index (χ3n) is 3.23. The van der Waals surface area contributed by atoms with Crippen molar-refractivity contribution in [2.45, 2.75) is 12.3 Å². The Morgan fingerprint density at radius 1 is 1.73 bits per heavy atom. The number of hydrogen-bond acceptors (Lipinski definition) is 3. The topological polar surface area (TPSA) is 62.2 Å². The Kier molecular flexibility index (Phi) is 2.44. The third kappa shape index (κ3) is 1.61. The monoisotopic (exact) mass is 206 g/mol. The van der Waals surface area contributed by atoms with Crippen LogP contribution in [0.3, 0.4) is 0 Å². The van der Waals surface area contributed by atoms with Crippen LogP contribution in [0.15, 0.2) is 24.5 Å². The smallest absolute Gasteiger partial charge is 0.308 e. The van der Waals surface area contributed by atoms with Crippen molar-refractivity contribution in [1.29, 1.82) is 0 Å². The molecule has 80 valence electrons. The van der Waals surface area contributed by atoms with Gasteiger partial charge in [-0.2, -0.15) is 0 Å². The van der Waals surface area contributed by atoms with Gasteiger partial charge in [-0.1, -0.05) is 13.0 Å². The van der Waals surface area contributed by atoms with Crippen molar-refractivity contribution in [2.24, 2.45) is 5.92 Å². The molecular weight excluding hydrogens is 192 g/mol. The molecule has 0 aromatic carbocycles. The molecule has 2 N–H and O–H groups in total. The van der Waals surface area contributed by atoms with Crippen LogP contribution in [-0.4, -0.2) is 29.1 Å². The highest BCUT2D eigenvalue weighted by atomic mass is 16.4. The van der Waals surface area contributed by atoms with Crippen LogP contribution < -0.4 is 5.32 Å². The van der Waals surface area contributed by atoms with E-state index in [-0.39, 0.29) is 11.3 Å². The zero-order chi connectivity index (χ0) is 10.9. The Morgan fingerprint density at radius 3 is 3.13 bits per heavy atom. The minimum atomic E-state index is -0.744. The number of rotatable bonds is 2. The highest BCUT2D eigenvalue weighted by Crippen LogP contribution is 2.34. The molecule has 2 unspecified atom stereocenters. The first-order valence-corrected chi connectivity index (χ1v) is 4.98. The number of pyridine rings is 1. The Morgan fingerprint density at radius 2 is 2.53 bits per heavy atom. The van der Waals surface area contributed by atoms with E-state index < -0.39 is 5.97 Å². The van der Waals surface area contributed by atoms with E-state index in [0.717, 1.165) is 5.56 Å². The Balaban J connectivity index is 2.37. The molecule has 1 aliphatic heterocycles. The third-order valence-corrected chi connectivity index (χ3v) is 3.23. The SMILES string of the molecule is CC1(c2cccnc2)CNCC1C(=O)O. The zero-order valence-electron chi connectivity index (χ0n) is 8.60. The van der Waals surface area contributed by atoms with Gasteiger partial charge in [0.25, 0.3) is 0 Å².